The normalized spacial score (nSPS) is 19.5. The molecule has 1 amide bonds. The molecule has 1 fully saturated rings. The summed E-state index contributed by atoms with van der Waals surface area (Å²) in [5.41, 5.74) is 0.493. The number of aryl methyl sites for hydroxylation is 1. The lowest BCUT2D eigenvalue weighted by Gasteiger charge is -2.34. The predicted octanol–water partition coefficient (Wildman–Crippen LogP) is 1.71. The summed E-state index contributed by atoms with van der Waals surface area (Å²) >= 11 is 7.56. The summed E-state index contributed by atoms with van der Waals surface area (Å²) in [4.78, 5) is 25.0. The summed E-state index contributed by atoms with van der Waals surface area (Å²) in [5.74, 6) is 0.465. The van der Waals surface area contributed by atoms with Gasteiger partial charge in [0.1, 0.15) is 5.69 Å². The second-order valence-corrected chi connectivity index (χ2v) is 6.07. The van der Waals surface area contributed by atoms with Crippen molar-refractivity contribution in [3.05, 3.63) is 23.0 Å². The second kappa shape index (κ2) is 5.88. The van der Waals surface area contributed by atoms with Crippen molar-refractivity contribution in [1.29, 1.82) is 0 Å². The summed E-state index contributed by atoms with van der Waals surface area (Å²) in [6, 6.07) is 1.36. The van der Waals surface area contributed by atoms with Crippen molar-refractivity contribution in [2.75, 3.05) is 18.1 Å². The van der Waals surface area contributed by atoms with Crippen molar-refractivity contribution in [3.8, 4) is 0 Å². The number of hydrogen-bond donors (Lipinski definition) is 1. The van der Waals surface area contributed by atoms with Gasteiger partial charge in [-0.2, -0.15) is 11.8 Å². The van der Waals surface area contributed by atoms with Gasteiger partial charge >= 0.3 is 5.97 Å². The summed E-state index contributed by atoms with van der Waals surface area (Å²) < 4.78 is 1.67. The molecule has 19 heavy (non-hydrogen) atoms. The maximum absolute atomic E-state index is 12.5. The SMILES string of the molecule is Cn1cc(Cl)cc1C(=O)N1CCSCC1CC(=O)O. The van der Waals surface area contributed by atoms with E-state index in [2.05, 4.69) is 0 Å². The minimum Gasteiger partial charge on any atom is -0.481 e. The highest BCUT2D eigenvalue weighted by atomic mass is 35.5. The molecule has 2 rings (SSSR count). The first kappa shape index (κ1) is 14.3. The first-order valence-electron chi connectivity index (χ1n) is 5.91. The van der Waals surface area contributed by atoms with Crippen molar-refractivity contribution in [1.82, 2.24) is 9.47 Å². The molecule has 0 aliphatic carbocycles. The van der Waals surface area contributed by atoms with E-state index in [4.69, 9.17) is 16.7 Å². The molecule has 1 unspecified atom stereocenters. The molecule has 0 aromatic carbocycles. The Morgan fingerprint density at radius 2 is 2.32 bits per heavy atom. The molecule has 0 saturated carbocycles. The molecule has 0 bridgehead atoms. The number of aliphatic carboxylic acids is 1. The zero-order chi connectivity index (χ0) is 14.0. The third kappa shape index (κ3) is 3.25. The molecular formula is C12H15ClN2O3S. The van der Waals surface area contributed by atoms with E-state index in [1.54, 1.807) is 40.5 Å². The first-order chi connectivity index (χ1) is 8.99. The molecule has 5 nitrogen and oxygen atoms in total. The molecule has 0 radical (unpaired) electrons. The van der Waals surface area contributed by atoms with E-state index in [1.165, 1.54) is 0 Å². The Morgan fingerprint density at radius 1 is 1.58 bits per heavy atom. The third-order valence-electron chi connectivity index (χ3n) is 3.09. The Labute approximate surface area is 120 Å². The number of halogens is 1. The largest absolute Gasteiger partial charge is 0.481 e. The van der Waals surface area contributed by atoms with Crippen LogP contribution >= 0.6 is 23.4 Å². The van der Waals surface area contributed by atoms with Gasteiger partial charge in [-0.05, 0) is 6.07 Å². The molecule has 1 saturated heterocycles. The molecule has 1 aliphatic rings. The van der Waals surface area contributed by atoms with Crippen molar-refractivity contribution < 1.29 is 14.7 Å². The van der Waals surface area contributed by atoms with Gasteiger partial charge in [0.2, 0.25) is 0 Å². The number of hydrogen-bond acceptors (Lipinski definition) is 3. The van der Waals surface area contributed by atoms with E-state index >= 15 is 0 Å². The Kier molecular flexibility index (Phi) is 4.42. The quantitative estimate of drug-likeness (QED) is 0.923. The van der Waals surface area contributed by atoms with Crippen LogP contribution in [-0.4, -0.2) is 50.5 Å². The predicted molar refractivity (Wildman–Crippen MR) is 74.8 cm³/mol. The first-order valence-corrected chi connectivity index (χ1v) is 7.44. The fourth-order valence-corrected chi connectivity index (χ4v) is 3.49. The van der Waals surface area contributed by atoms with Gasteiger partial charge in [0.25, 0.3) is 5.91 Å². The Hall–Kier alpha value is -1.14. The molecule has 1 aliphatic heterocycles. The number of rotatable bonds is 3. The number of carbonyl (C=O) groups excluding carboxylic acids is 1. The van der Waals surface area contributed by atoms with Crippen LogP contribution in [0, 0.1) is 0 Å². The van der Waals surface area contributed by atoms with Crippen LogP contribution in [0.2, 0.25) is 5.02 Å². The number of thioether (sulfide) groups is 1. The lowest BCUT2D eigenvalue weighted by molar-refractivity contribution is -0.138. The maximum Gasteiger partial charge on any atom is 0.305 e. The number of aromatic nitrogens is 1. The molecule has 1 atom stereocenters. The van der Waals surface area contributed by atoms with Crippen molar-refractivity contribution in [2.24, 2.45) is 7.05 Å². The minimum atomic E-state index is -0.879. The van der Waals surface area contributed by atoms with E-state index in [-0.39, 0.29) is 18.4 Å². The van der Waals surface area contributed by atoms with Crippen LogP contribution in [0.15, 0.2) is 12.3 Å². The molecule has 0 spiro atoms. The number of carbonyl (C=O) groups is 2. The monoisotopic (exact) mass is 302 g/mol. The van der Waals surface area contributed by atoms with Crippen LogP contribution in [0.25, 0.3) is 0 Å². The highest BCUT2D eigenvalue weighted by Gasteiger charge is 2.30. The number of carboxylic acids is 1. The van der Waals surface area contributed by atoms with E-state index < -0.39 is 5.97 Å². The van der Waals surface area contributed by atoms with Crippen LogP contribution in [0.1, 0.15) is 16.9 Å². The Bertz CT molecular complexity index is 503. The van der Waals surface area contributed by atoms with E-state index in [0.29, 0.717) is 23.0 Å². The van der Waals surface area contributed by atoms with Gasteiger partial charge in [-0.1, -0.05) is 11.6 Å². The fourth-order valence-electron chi connectivity index (χ4n) is 2.18. The topological polar surface area (TPSA) is 62.5 Å². The van der Waals surface area contributed by atoms with Crippen LogP contribution in [0.4, 0.5) is 0 Å². The molecule has 104 valence electrons. The number of nitrogens with zero attached hydrogens (tertiary/aromatic N) is 2. The number of amides is 1. The van der Waals surface area contributed by atoms with Crippen LogP contribution in [0.3, 0.4) is 0 Å². The van der Waals surface area contributed by atoms with Gasteiger partial charge in [-0.15, -0.1) is 0 Å². The zero-order valence-corrected chi connectivity index (χ0v) is 12.1. The third-order valence-corrected chi connectivity index (χ3v) is 4.39. The maximum atomic E-state index is 12.5. The number of carboxylic acid groups (broad SMARTS) is 1. The molecule has 7 heteroatoms. The lowest BCUT2D eigenvalue weighted by atomic mass is 10.2. The van der Waals surface area contributed by atoms with E-state index in [1.807, 2.05) is 0 Å². The fraction of sp³-hybridized carbons (Fsp3) is 0.500. The second-order valence-electron chi connectivity index (χ2n) is 4.48. The summed E-state index contributed by atoms with van der Waals surface area (Å²) in [7, 11) is 1.75. The van der Waals surface area contributed by atoms with Gasteiger partial charge in [0.15, 0.2) is 0 Å². The average molecular weight is 303 g/mol. The summed E-state index contributed by atoms with van der Waals surface area (Å²) in [6.45, 7) is 0.574. The smallest absolute Gasteiger partial charge is 0.305 e. The summed E-state index contributed by atoms with van der Waals surface area (Å²) in [6.07, 6.45) is 1.65. The molecule has 1 aromatic rings. The van der Waals surface area contributed by atoms with Crippen molar-refractivity contribution >= 4 is 35.2 Å². The van der Waals surface area contributed by atoms with Gasteiger partial charge in [-0.25, -0.2) is 0 Å². The Morgan fingerprint density at radius 3 is 2.89 bits per heavy atom. The molecular weight excluding hydrogens is 288 g/mol. The minimum absolute atomic E-state index is 0.0170. The molecule has 1 N–H and O–H groups in total. The van der Waals surface area contributed by atoms with Crippen LogP contribution in [0.5, 0.6) is 0 Å². The van der Waals surface area contributed by atoms with E-state index in [0.717, 1.165) is 5.75 Å². The van der Waals surface area contributed by atoms with Crippen molar-refractivity contribution in [2.45, 2.75) is 12.5 Å². The Balaban J connectivity index is 2.19. The van der Waals surface area contributed by atoms with Crippen LogP contribution < -0.4 is 0 Å². The molecule has 2 heterocycles. The van der Waals surface area contributed by atoms with Crippen molar-refractivity contribution in [3.63, 3.8) is 0 Å². The van der Waals surface area contributed by atoms with E-state index in [9.17, 15) is 9.59 Å². The average Bonchev–Trinajstić information content (AvgIpc) is 2.67. The van der Waals surface area contributed by atoms with Gasteiger partial charge < -0.3 is 14.6 Å². The standard InChI is InChI=1S/C12H15ClN2O3S/c1-14-6-8(13)4-10(14)12(18)15-2-3-19-7-9(15)5-11(16)17/h4,6,9H,2-3,5,7H2,1H3,(H,16,17). The van der Waals surface area contributed by atoms with Gasteiger partial charge in [-0.3, -0.25) is 9.59 Å². The molecule has 1 aromatic heterocycles. The highest BCUT2D eigenvalue weighted by molar-refractivity contribution is 7.99. The van der Waals surface area contributed by atoms with Crippen LogP contribution in [-0.2, 0) is 11.8 Å². The lowest BCUT2D eigenvalue weighted by Crippen LogP contribution is -2.47. The van der Waals surface area contributed by atoms with Gasteiger partial charge in [0, 0.05) is 31.3 Å². The van der Waals surface area contributed by atoms with Gasteiger partial charge in [0.05, 0.1) is 17.5 Å². The zero-order valence-electron chi connectivity index (χ0n) is 10.5. The summed E-state index contributed by atoms with van der Waals surface area (Å²) in [5, 5.41) is 9.43. The highest BCUT2D eigenvalue weighted by Crippen LogP contribution is 2.22.